The molecule has 0 aliphatic heterocycles. The summed E-state index contributed by atoms with van der Waals surface area (Å²) in [5, 5.41) is 0. The molecule has 0 fully saturated rings. The van der Waals surface area contributed by atoms with Gasteiger partial charge in [0.25, 0.3) is 0 Å². The summed E-state index contributed by atoms with van der Waals surface area (Å²) in [5.41, 5.74) is 6.99. The Balaban J connectivity index is 4.06. The van der Waals surface area contributed by atoms with Crippen LogP contribution in [-0.4, -0.2) is 6.21 Å². The molecule has 2 nitrogen and oxygen atoms in total. The first-order chi connectivity index (χ1) is 4.18. The van der Waals surface area contributed by atoms with E-state index in [-0.39, 0.29) is 0 Å². The molecule has 0 saturated carbocycles. The number of nitrogens with zero attached hydrogens (tertiary/aromatic N) is 1. The zero-order chi connectivity index (χ0) is 7.28. The average molecular weight is 124 g/mol. The molecule has 0 bridgehead atoms. The van der Waals surface area contributed by atoms with Crippen LogP contribution in [0.5, 0.6) is 0 Å². The van der Waals surface area contributed by atoms with Crippen LogP contribution < -0.4 is 5.73 Å². The maximum Gasteiger partial charge on any atom is 0.0556 e. The molecule has 0 radical (unpaired) electrons. The van der Waals surface area contributed by atoms with E-state index in [1.165, 1.54) is 0 Å². The maximum absolute atomic E-state index is 5.41. The van der Waals surface area contributed by atoms with Crippen molar-refractivity contribution in [3.05, 3.63) is 24.0 Å². The molecule has 0 rings (SSSR count). The van der Waals surface area contributed by atoms with Crippen molar-refractivity contribution in [2.24, 2.45) is 10.7 Å². The standard InChI is InChI=1S/C7H12N2/c1-4-5-9-7(3)6(2)8/h4-5H,1,8H2,2-3H3/b7-6-,9-5?. The number of aliphatic imine (C=N–C) groups is 1. The molecule has 9 heavy (non-hydrogen) atoms. The summed E-state index contributed by atoms with van der Waals surface area (Å²) in [6, 6.07) is 0. The third kappa shape index (κ3) is 3.53. The van der Waals surface area contributed by atoms with E-state index in [1.807, 2.05) is 13.8 Å². The number of nitrogens with two attached hydrogens (primary N) is 1. The van der Waals surface area contributed by atoms with Gasteiger partial charge in [0.05, 0.1) is 5.70 Å². The van der Waals surface area contributed by atoms with Crippen molar-refractivity contribution < 1.29 is 0 Å². The molecular weight excluding hydrogens is 112 g/mol. The lowest BCUT2D eigenvalue weighted by molar-refractivity contribution is 1.16. The minimum absolute atomic E-state index is 0.744. The summed E-state index contributed by atoms with van der Waals surface area (Å²) in [6.45, 7) is 7.15. The van der Waals surface area contributed by atoms with Gasteiger partial charge in [-0.15, -0.1) is 0 Å². The van der Waals surface area contributed by atoms with Crippen LogP contribution in [0, 0.1) is 0 Å². The first-order valence-electron chi connectivity index (χ1n) is 2.76. The Morgan fingerprint density at radius 1 is 1.56 bits per heavy atom. The van der Waals surface area contributed by atoms with Crippen molar-refractivity contribution in [1.82, 2.24) is 0 Å². The summed E-state index contributed by atoms with van der Waals surface area (Å²) in [6.07, 6.45) is 3.23. The Morgan fingerprint density at radius 2 is 2.11 bits per heavy atom. The fraction of sp³-hybridized carbons (Fsp3) is 0.286. The fourth-order valence-electron chi connectivity index (χ4n) is 0.266. The molecule has 0 unspecified atom stereocenters. The third-order valence-corrected chi connectivity index (χ3v) is 0.944. The molecule has 0 atom stereocenters. The van der Waals surface area contributed by atoms with Crippen LogP contribution in [0.2, 0.25) is 0 Å². The second-order valence-corrected chi connectivity index (χ2v) is 1.78. The Bertz CT molecular complexity index is 150. The number of hydrogen-bond acceptors (Lipinski definition) is 2. The van der Waals surface area contributed by atoms with E-state index in [0.29, 0.717) is 0 Å². The minimum Gasteiger partial charge on any atom is -0.401 e. The number of allylic oxidation sites excluding steroid dienone is 3. The van der Waals surface area contributed by atoms with Crippen LogP contribution >= 0.6 is 0 Å². The summed E-state index contributed by atoms with van der Waals surface area (Å²) in [7, 11) is 0. The van der Waals surface area contributed by atoms with Gasteiger partial charge in [-0.2, -0.15) is 0 Å². The molecule has 2 heteroatoms. The van der Waals surface area contributed by atoms with Gasteiger partial charge in [0, 0.05) is 11.9 Å². The molecule has 0 amide bonds. The molecule has 0 saturated heterocycles. The third-order valence-electron chi connectivity index (χ3n) is 0.944. The molecule has 0 aliphatic carbocycles. The monoisotopic (exact) mass is 124 g/mol. The van der Waals surface area contributed by atoms with Crippen molar-refractivity contribution in [2.45, 2.75) is 13.8 Å². The Labute approximate surface area is 55.8 Å². The van der Waals surface area contributed by atoms with Gasteiger partial charge >= 0.3 is 0 Å². The lowest BCUT2D eigenvalue weighted by atomic mass is 10.4. The van der Waals surface area contributed by atoms with Crippen LogP contribution in [-0.2, 0) is 0 Å². The van der Waals surface area contributed by atoms with E-state index in [2.05, 4.69) is 11.6 Å². The maximum atomic E-state index is 5.41. The minimum atomic E-state index is 0.744. The first-order valence-corrected chi connectivity index (χ1v) is 2.76. The molecular formula is C7H12N2. The van der Waals surface area contributed by atoms with Gasteiger partial charge in [-0.05, 0) is 13.8 Å². The number of rotatable bonds is 2. The van der Waals surface area contributed by atoms with Crippen LogP contribution in [0.3, 0.4) is 0 Å². The van der Waals surface area contributed by atoms with Gasteiger partial charge in [0.2, 0.25) is 0 Å². The Kier molecular flexibility index (Phi) is 3.44. The van der Waals surface area contributed by atoms with Crippen molar-refractivity contribution in [3.8, 4) is 0 Å². The van der Waals surface area contributed by atoms with Crippen molar-refractivity contribution in [3.63, 3.8) is 0 Å². The SMILES string of the molecule is C=CC=N/C(C)=C(/C)N. The zero-order valence-corrected chi connectivity index (χ0v) is 5.89. The lowest BCUT2D eigenvalue weighted by Crippen LogP contribution is -1.93. The van der Waals surface area contributed by atoms with Crippen LogP contribution in [0.15, 0.2) is 29.0 Å². The summed E-state index contributed by atoms with van der Waals surface area (Å²) < 4.78 is 0. The highest BCUT2D eigenvalue weighted by molar-refractivity contribution is 5.71. The predicted octanol–water partition coefficient (Wildman–Crippen LogP) is 1.45. The highest BCUT2D eigenvalue weighted by Gasteiger charge is 1.83. The average Bonchev–Trinajstić information content (AvgIpc) is 1.82. The van der Waals surface area contributed by atoms with Gasteiger partial charge in [-0.25, -0.2) is 0 Å². The highest BCUT2D eigenvalue weighted by Crippen LogP contribution is 1.95. The lowest BCUT2D eigenvalue weighted by Gasteiger charge is -1.92. The smallest absolute Gasteiger partial charge is 0.0556 e. The molecule has 0 aliphatic rings. The zero-order valence-electron chi connectivity index (χ0n) is 5.89. The Hall–Kier alpha value is -1.05. The molecule has 2 N–H and O–H groups in total. The number of hydrogen-bond donors (Lipinski definition) is 1. The molecule has 0 heterocycles. The molecule has 0 spiro atoms. The van der Waals surface area contributed by atoms with Gasteiger partial charge in [0.15, 0.2) is 0 Å². The van der Waals surface area contributed by atoms with Crippen molar-refractivity contribution in [2.75, 3.05) is 0 Å². The summed E-state index contributed by atoms with van der Waals surface area (Å²) >= 11 is 0. The highest BCUT2D eigenvalue weighted by atomic mass is 14.8. The van der Waals surface area contributed by atoms with Crippen molar-refractivity contribution in [1.29, 1.82) is 0 Å². The second kappa shape index (κ2) is 3.89. The van der Waals surface area contributed by atoms with E-state index in [0.717, 1.165) is 11.4 Å². The summed E-state index contributed by atoms with van der Waals surface area (Å²) in [4.78, 5) is 3.95. The first kappa shape index (κ1) is 7.95. The summed E-state index contributed by atoms with van der Waals surface area (Å²) in [5.74, 6) is 0. The van der Waals surface area contributed by atoms with Gasteiger partial charge < -0.3 is 5.73 Å². The van der Waals surface area contributed by atoms with Crippen molar-refractivity contribution >= 4 is 6.21 Å². The van der Waals surface area contributed by atoms with E-state index in [4.69, 9.17) is 5.73 Å². The van der Waals surface area contributed by atoms with Crippen LogP contribution in [0.25, 0.3) is 0 Å². The second-order valence-electron chi connectivity index (χ2n) is 1.78. The Morgan fingerprint density at radius 3 is 2.44 bits per heavy atom. The van der Waals surface area contributed by atoms with E-state index in [9.17, 15) is 0 Å². The van der Waals surface area contributed by atoms with Crippen LogP contribution in [0.4, 0.5) is 0 Å². The fourth-order valence-corrected chi connectivity index (χ4v) is 0.266. The largest absolute Gasteiger partial charge is 0.401 e. The van der Waals surface area contributed by atoms with Gasteiger partial charge in [-0.1, -0.05) is 12.7 Å². The molecule has 0 aromatic heterocycles. The topological polar surface area (TPSA) is 38.4 Å². The van der Waals surface area contributed by atoms with Gasteiger partial charge in [0.1, 0.15) is 0 Å². The normalized spacial score (nSPS) is 13.6. The van der Waals surface area contributed by atoms with E-state index >= 15 is 0 Å². The molecule has 50 valence electrons. The quantitative estimate of drug-likeness (QED) is 0.556. The molecule has 0 aromatic rings. The predicted molar refractivity (Wildman–Crippen MR) is 41.3 cm³/mol. The van der Waals surface area contributed by atoms with Gasteiger partial charge in [-0.3, -0.25) is 4.99 Å². The van der Waals surface area contributed by atoms with E-state index in [1.54, 1.807) is 12.3 Å². The van der Waals surface area contributed by atoms with Crippen LogP contribution in [0.1, 0.15) is 13.8 Å². The molecule has 0 aromatic carbocycles. The van der Waals surface area contributed by atoms with E-state index < -0.39 is 0 Å².